The van der Waals surface area contributed by atoms with Gasteiger partial charge in [-0.2, -0.15) is 0 Å². The van der Waals surface area contributed by atoms with Gasteiger partial charge in [0.1, 0.15) is 11.9 Å². The highest BCUT2D eigenvalue weighted by Crippen LogP contribution is 2.35. The number of nitrogens with zero attached hydrogens (tertiary/aromatic N) is 4. The van der Waals surface area contributed by atoms with Crippen molar-refractivity contribution in [3.05, 3.63) is 65.4 Å². The zero-order valence-corrected chi connectivity index (χ0v) is 16.1. The van der Waals surface area contributed by atoms with E-state index in [-0.39, 0.29) is 6.10 Å². The molecule has 3 aromatic rings. The molecule has 0 bridgehead atoms. The summed E-state index contributed by atoms with van der Waals surface area (Å²) in [5.74, 6) is 3.25. The Kier molecular flexibility index (Phi) is 4.56. The van der Waals surface area contributed by atoms with Crippen molar-refractivity contribution in [2.24, 2.45) is 0 Å². The Morgan fingerprint density at radius 3 is 2.68 bits per heavy atom. The van der Waals surface area contributed by atoms with Crippen LogP contribution in [0.5, 0.6) is 5.88 Å². The van der Waals surface area contributed by atoms with Crippen LogP contribution in [-0.4, -0.2) is 25.9 Å². The van der Waals surface area contributed by atoms with E-state index in [1.165, 1.54) is 11.3 Å². The lowest BCUT2D eigenvalue weighted by molar-refractivity contribution is 0.138. The van der Waals surface area contributed by atoms with Gasteiger partial charge >= 0.3 is 0 Å². The lowest BCUT2D eigenvalue weighted by Gasteiger charge is -2.28. The van der Waals surface area contributed by atoms with E-state index in [4.69, 9.17) is 4.74 Å². The molecule has 2 aromatic heterocycles. The van der Waals surface area contributed by atoms with Gasteiger partial charge in [-0.25, -0.2) is 4.98 Å². The first-order valence-electron chi connectivity index (χ1n) is 10.1. The van der Waals surface area contributed by atoms with Gasteiger partial charge in [0.25, 0.3) is 0 Å². The summed E-state index contributed by atoms with van der Waals surface area (Å²) in [4.78, 5) is 4.47. The Morgan fingerprint density at radius 1 is 0.964 bits per heavy atom. The molecule has 6 heteroatoms. The monoisotopic (exact) mass is 375 g/mol. The maximum atomic E-state index is 6.13. The molecule has 1 fully saturated rings. The highest BCUT2D eigenvalue weighted by atomic mass is 16.5. The Bertz CT molecular complexity index is 975. The Hall–Kier alpha value is -2.73. The Morgan fingerprint density at radius 2 is 1.82 bits per heavy atom. The fourth-order valence-corrected chi connectivity index (χ4v) is 4.35. The number of pyridine rings is 1. The molecule has 0 spiro atoms. The number of ether oxygens (including phenoxy) is 1. The fraction of sp³-hybridized carbons (Fsp3) is 0.409. The first-order chi connectivity index (χ1) is 13.8. The Balaban J connectivity index is 1.34. The first kappa shape index (κ1) is 17.4. The van der Waals surface area contributed by atoms with Gasteiger partial charge in [0.05, 0.1) is 12.2 Å². The van der Waals surface area contributed by atoms with Gasteiger partial charge in [0.15, 0.2) is 5.82 Å². The molecule has 28 heavy (non-hydrogen) atoms. The molecule has 144 valence electrons. The lowest BCUT2D eigenvalue weighted by atomic mass is 9.86. The molecule has 2 aliphatic rings. The normalized spacial score (nSPS) is 21.5. The maximum absolute atomic E-state index is 6.13. The van der Waals surface area contributed by atoms with Crippen LogP contribution < -0.4 is 10.1 Å². The predicted octanol–water partition coefficient (Wildman–Crippen LogP) is 3.68. The Labute approximate surface area is 165 Å². The number of fused-ring (bicyclic) bond motifs is 3. The second-order valence-corrected chi connectivity index (χ2v) is 7.75. The van der Waals surface area contributed by atoms with Crippen LogP contribution in [0.15, 0.2) is 42.5 Å². The van der Waals surface area contributed by atoms with E-state index in [1.807, 2.05) is 25.1 Å². The van der Waals surface area contributed by atoms with Crippen LogP contribution in [0.25, 0.3) is 5.69 Å². The smallest absolute Gasteiger partial charge is 0.213 e. The van der Waals surface area contributed by atoms with E-state index in [0.29, 0.717) is 5.92 Å². The van der Waals surface area contributed by atoms with Crippen LogP contribution in [0.2, 0.25) is 0 Å². The van der Waals surface area contributed by atoms with Gasteiger partial charge in [-0.3, -0.25) is 4.57 Å². The summed E-state index contributed by atoms with van der Waals surface area (Å²) in [6.45, 7) is 3.61. The van der Waals surface area contributed by atoms with Crippen molar-refractivity contribution < 1.29 is 4.74 Å². The SMILES string of the molecule is Cc1cccc(OC2CCC(c3nnc4n3-c3ccccc3CNC4)CC2)n1. The number of benzene rings is 1. The number of aromatic nitrogens is 4. The molecule has 0 atom stereocenters. The van der Waals surface area contributed by atoms with Crippen LogP contribution in [-0.2, 0) is 13.1 Å². The number of rotatable bonds is 3. The molecule has 1 aliphatic carbocycles. The van der Waals surface area contributed by atoms with Gasteiger partial charge in [-0.15, -0.1) is 10.2 Å². The predicted molar refractivity (Wildman–Crippen MR) is 107 cm³/mol. The van der Waals surface area contributed by atoms with Crippen LogP contribution in [0.1, 0.15) is 54.5 Å². The van der Waals surface area contributed by atoms with Crippen LogP contribution in [0.3, 0.4) is 0 Å². The molecule has 1 saturated carbocycles. The maximum Gasteiger partial charge on any atom is 0.213 e. The number of nitrogens with one attached hydrogen (secondary N) is 1. The van der Waals surface area contributed by atoms with Crippen LogP contribution in [0.4, 0.5) is 0 Å². The zero-order chi connectivity index (χ0) is 18.9. The van der Waals surface area contributed by atoms with Crippen molar-refractivity contribution in [1.82, 2.24) is 25.1 Å². The second-order valence-electron chi connectivity index (χ2n) is 7.75. The minimum absolute atomic E-state index is 0.228. The molecular weight excluding hydrogens is 350 g/mol. The van der Waals surface area contributed by atoms with Gasteiger partial charge in [-0.1, -0.05) is 24.3 Å². The van der Waals surface area contributed by atoms with Gasteiger partial charge in [0.2, 0.25) is 5.88 Å². The minimum atomic E-state index is 0.228. The van der Waals surface area contributed by atoms with Gasteiger partial charge in [0, 0.05) is 24.2 Å². The molecule has 0 saturated heterocycles. The van der Waals surface area contributed by atoms with E-state index in [9.17, 15) is 0 Å². The topological polar surface area (TPSA) is 64.9 Å². The standard InChI is InChI=1S/C22H25N5O/c1-15-5-4-8-21(24-15)28-18-11-9-16(10-12-18)22-26-25-20-14-23-13-17-6-2-3-7-19(17)27(20)22/h2-8,16,18,23H,9-14H2,1H3. The van der Waals surface area contributed by atoms with Crippen molar-refractivity contribution in [1.29, 1.82) is 0 Å². The summed E-state index contributed by atoms with van der Waals surface area (Å²) in [7, 11) is 0. The summed E-state index contributed by atoms with van der Waals surface area (Å²) < 4.78 is 8.41. The number of hydrogen-bond donors (Lipinski definition) is 1. The van der Waals surface area contributed by atoms with Gasteiger partial charge < -0.3 is 10.1 Å². The highest BCUT2D eigenvalue weighted by Gasteiger charge is 2.30. The van der Waals surface area contributed by atoms with Crippen molar-refractivity contribution in [2.45, 2.75) is 57.7 Å². The third-order valence-corrected chi connectivity index (χ3v) is 5.78. The molecule has 5 rings (SSSR count). The third-order valence-electron chi connectivity index (χ3n) is 5.78. The van der Waals surface area contributed by atoms with Crippen molar-refractivity contribution >= 4 is 0 Å². The van der Waals surface area contributed by atoms with Gasteiger partial charge in [-0.05, 0) is 50.3 Å². The number of hydrogen-bond acceptors (Lipinski definition) is 5. The second kappa shape index (κ2) is 7.36. The zero-order valence-electron chi connectivity index (χ0n) is 16.1. The van der Waals surface area contributed by atoms with Crippen molar-refractivity contribution in [3.8, 4) is 11.6 Å². The van der Waals surface area contributed by atoms with Crippen LogP contribution in [0, 0.1) is 6.92 Å². The number of aryl methyl sites for hydroxylation is 1. The molecule has 0 unspecified atom stereocenters. The molecule has 1 N–H and O–H groups in total. The summed E-state index contributed by atoms with van der Waals surface area (Å²) in [6.07, 6.45) is 4.38. The lowest BCUT2D eigenvalue weighted by Crippen LogP contribution is -2.25. The largest absolute Gasteiger partial charge is 0.474 e. The molecule has 3 heterocycles. The average Bonchev–Trinajstić information content (AvgIpc) is 3.04. The summed E-state index contributed by atoms with van der Waals surface area (Å²) >= 11 is 0. The summed E-state index contributed by atoms with van der Waals surface area (Å²) in [5.41, 5.74) is 3.50. The van der Waals surface area contributed by atoms with E-state index in [2.05, 4.69) is 49.3 Å². The first-order valence-corrected chi connectivity index (χ1v) is 10.1. The van der Waals surface area contributed by atoms with Crippen molar-refractivity contribution in [3.63, 3.8) is 0 Å². The highest BCUT2D eigenvalue weighted by molar-refractivity contribution is 5.44. The quantitative estimate of drug-likeness (QED) is 0.756. The molecule has 1 aromatic carbocycles. The van der Waals surface area contributed by atoms with E-state index >= 15 is 0 Å². The van der Waals surface area contributed by atoms with E-state index < -0.39 is 0 Å². The summed E-state index contributed by atoms with van der Waals surface area (Å²) in [6, 6.07) is 14.5. The molecule has 1 aliphatic heterocycles. The molecular formula is C22H25N5O. The molecule has 6 nitrogen and oxygen atoms in total. The molecule has 0 amide bonds. The van der Waals surface area contributed by atoms with E-state index in [0.717, 1.165) is 62.0 Å². The fourth-order valence-electron chi connectivity index (χ4n) is 4.35. The summed E-state index contributed by atoms with van der Waals surface area (Å²) in [5, 5.41) is 12.6. The minimum Gasteiger partial charge on any atom is -0.474 e. The average molecular weight is 375 g/mol. The third kappa shape index (κ3) is 3.29. The number of para-hydroxylation sites is 1. The molecule has 0 radical (unpaired) electrons. The van der Waals surface area contributed by atoms with Crippen molar-refractivity contribution in [2.75, 3.05) is 0 Å². The van der Waals surface area contributed by atoms with E-state index in [1.54, 1.807) is 0 Å². The van der Waals surface area contributed by atoms with Crippen LogP contribution >= 0.6 is 0 Å².